The van der Waals surface area contributed by atoms with Gasteiger partial charge in [0.25, 0.3) is 0 Å². The largest absolute Gasteiger partial charge is 0.382 e. The molecule has 3 heteroatoms. The van der Waals surface area contributed by atoms with Crippen LogP contribution in [0.1, 0.15) is 13.3 Å². The molecule has 0 aromatic heterocycles. The fraction of sp³-hybridized carbons (Fsp3) is 0.833. The number of rotatable bonds is 5. The van der Waals surface area contributed by atoms with E-state index in [1.54, 1.807) is 0 Å². The number of hydrogen-bond donors (Lipinski definition) is 1. The minimum atomic E-state index is 0.719. The Balaban J connectivity index is 2.69. The van der Waals surface area contributed by atoms with Crippen LogP contribution < -0.4 is 5.32 Å². The first-order valence-corrected chi connectivity index (χ1v) is 3.11. The van der Waals surface area contributed by atoms with Gasteiger partial charge in [0.2, 0.25) is 0 Å². The SMILES string of the molecule is CCOCCCNC#N. The van der Waals surface area contributed by atoms with Crippen molar-refractivity contribution in [3.8, 4) is 6.19 Å². The summed E-state index contributed by atoms with van der Waals surface area (Å²) in [5.41, 5.74) is 0. The van der Waals surface area contributed by atoms with Gasteiger partial charge in [-0.2, -0.15) is 5.26 Å². The van der Waals surface area contributed by atoms with E-state index in [-0.39, 0.29) is 0 Å². The van der Waals surface area contributed by atoms with Gasteiger partial charge in [-0.15, -0.1) is 0 Å². The lowest BCUT2D eigenvalue weighted by molar-refractivity contribution is 0.145. The Labute approximate surface area is 55.6 Å². The van der Waals surface area contributed by atoms with Gasteiger partial charge in [-0.25, -0.2) is 0 Å². The van der Waals surface area contributed by atoms with Gasteiger partial charge >= 0.3 is 0 Å². The van der Waals surface area contributed by atoms with Crippen LogP contribution in [0.2, 0.25) is 0 Å². The van der Waals surface area contributed by atoms with Crippen molar-refractivity contribution in [1.82, 2.24) is 5.32 Å². The minimum Gasteiger partial charge on any atom is -0.382 e. The first-order chi connectivity index (χ1) is 4.41. The molecule has 0 radical (unpaired) electrons. The summed E-state index contributed by atoms with van der Waals surface area (Å²) in [5, 5.41) is 10.6. The molecule has 0 aromatic carbocycles. The molecule has 0 heterocycles. The van der Waals surface area contributed by atoms with Crippen LogP contribution in [0, 0.1) is 11.5 Å². The van der Waals surface area contributed by atoms with Gasteiger partial charge in [0, 0.05) is 19.8 Å². The lowest BCUT2D eigenvalue weighted by Gasteiger charge is -1.97. The smallest absolute Gasteiger partial charge is 0.176 e. The summed E-state index contributed by atoms with van der Waals surface area (Å²) in [4.78, 5) is 0. The van der Waals surface area contributed by atoms with E-state index >= 15 is 0 Å². The molecule has 9 heavy (non-hydrogen) atoms. The number of nitriles is 1. The zero-order valence-electron chi connectivity index (χ0n) is 5.68. The molecule has 0 aliphatic rings. The van der Waals surface area contributed by atoms with Gasteiger partial charge in [-0.05, 0) is 13.3 Å². The van der Waals surface area contributed by atoms with Gasteiger partial charge in [-0.1, -0.05) is 0 Å². The molecule has 0 aromatic rings. The summed E-state index contributed by atoms with van der Waals surface area (Å²) in [6.07, 6.45) is 2.74. The molecule has 52 valence electrons. The number of nitrogens with zero attached hydrogens (tertiary/aromatic N) is 1. The van der Waals surface area contributed by atoms with Crippen LogP contribution in [0.25, 0.3) is 0 Å². The van der Waals surface area contributed by atoms with Crippen molar-refractivity contribution in [1.29, 1.82) is 5.26 Å². The Kier molecular flexibility index (Phi) is 6.65. The van der Waals surface area contributed by atoms with E-state index in [2.05, 4.69) is 5.32 Å². The van der Waals surface area contributed by atoms with Gasteiger partial charge in [0.05, 0.1) is 0 Å². The molecule has 0 bridgehead atoms. The van der Waals surface area contributed by atoms with Crippen molar-refractivity contribution in [3.63, 3.8) is 0 Å². The zero-order chi connectivity index (χ0) is 6.95. The van der Waals surface area contributed by atoms with E-state index in [4.69, 9.17) is 10.00 Å². The average Bonchev–Trinajstić information content (AvgIpc) is 1.89. The molecule has 0 rings (SSSR count). The molecule has 0 unspecified atom stereocenters. The van der Waals surface area contributed by atoms with Crippen molar-refractivity contribution in [3.05, 3.63) is 0 Å². The van der Waals surface area contributed by atoms with Crippen molar-refractivity contribution < 1.29 is 4.74 Å². The van der Waals surface area contributed by atoms with Crippen molar-refractivity contribution in [2.24, 2.45) is 0 Å². The van der Waals surface area contributed by atoms with Crippen LogP contribution in [0.4, 0.5) is 0 Å². The first kappa shape index (κ1) is 8.25. The van der Waals surface area contributed by atoms with Gasteiger partial charge < -0.3 is 10.1 Å². The van der Waals surface area contributed by atoms with Crippen LogP contribution in [0.15, 0.2) is 0 Å². The number of ether oxygens (including phenoxy) is 1. The van der Waals surface area contributed by atoms with Crippen LogP contribution >= 0.6 is 0 Å². The van der Waals surface area contributed by atoms with Crippen LogP contribution in [-0.2, 0) is 4.74 Å². The molecule has 0 atom stereocenters. The molecular formula is C6H12N2O. The summed E-state index contributed by atoms with van der Waals surface area (Å²) in [7, 11) is 0. The monoisotopic (exact) mass is 128 g/mol. The second-order valence-corrected chi connectivity index (χ2v) is 1.59. The number of nitrogens with one attached hydrogen (secondary N) is 1. The highest BCUT2D eigenvalue weighted by molar-refractivity contribution is 4.63. The Bertz CT molecular complexity index is 87.5. The van der Waals surface area contributed by atoms with Gasteiger partial charge in [0.15, 0.2) is 6.19 Å². The lowest BCUT2D eigenvalue weighted by atomic mass is 10.4. The van der Waals surface area contributed by atoms with E-state index in [0.717, 1.165) is 26.2 Å². The number of hydrogen-bond acceptors (Lipinski definition) is 3. The predicted molar refractivity (Wildman–Crippen MR) is 34.7 cm³/mol. The Morgan fingerprint density at radius 2 is 2.44 bits per heavy atom. The summed E-state index contributed by atoms with van der Waals surface area (Å²) in [6.45, 7) is 4.17. The molecule has 1 N–H and O–H groups in total. The standard InChI is InChI=1S/C6H12N2O/c1-2-9-5-3-4-8-6-7/h8H,2-5H2,1H3. The predicted octanol–water partition coefficient (Wildman–Crippen LogP) is 0.484. The molecule has 0 saturated carbocycles. The summed E-state index contributed by atoms with van der Waals surface area (Å²) in [5.74, 6) is 0. The molecule has 0 aliphatic heterocycles. The highest BCUT2D eigenvalue weighted by Gasteiger charge is 1.83. The topological polar surface area (TPSA) is 45.0 Å². The van der Waals surface area contributed by atoms with Gasteiger partial charge in [0.1, 0.15) is 0 Å². The molecule has 3 nitrogen and oxygen atoms in total. The van der Waals surface area contributed by atoms with E-state index in [0.29, 0.717) is 0 Å². The molecule has 0 fully saturated rings. The maximum Gasteiger partial charge on any atom is 0.176 e. The van der Waals surface area contributed by atoms with E-state index in [9.17, 15) is 0 Å². The molecule has 0 aliphatic carbocycles. The second kappa shape index (κ2) is 7.25. The highest BCUT2D eigenvalue weighted by Crippen LogP contribution is 1.78. The van der Waals surface area contributed by atoms with Crippen molar-refractivity contribution in [2.45, 2.75) is 13.3 Å². The zero-order valence-corrected chi connectivity index (χ0v) is 5.68. The Morgan fingerprint density at radius 1 is 1.67 bits per heavy atom. The highest BCUT2D eigenvalue weighted by atomic mass is 16.5. The quantitative estimate of drug-likeness (QED) is 0.333. The lowest BCUT2D eigenvalue weighted by Crippen LogP contribution is -2.09. The minimum absolute atomic E-state index is 0.719. The normalized spacial score (nSPS) is 8.44. The maximum absolute atomic E-state index is 8.02. The van der Waals surface area contributed by atoms with E-state index in [1.165, 1.54) is 0 Å². The summed E-state index contributed by atoms with van der Waals surface area (Å²) < 4.78 is 5.03. The molecule has 0 amide bonds. The third-order valence-corrected chi connectivity index (χ3v) is 0.874. The summed E-state index contributed by atoms with van der Waals surface area (Å²) >= 11 is 0. The van der Waals surface area contributed by atoms with E-state index < -0.39 is 0 Å². The average molecular weight is 128 g/mol. The van der Waals surface area contributed by atoms with Crippen LogP contribution in [0.5, 0.6) is 0 Å². The van der Waals surface area contributed by atoms with Crippen LogP contribution in [0.3, 0.4) is 0 Å². The molecule has 0 spiro atoms. The van der Waals surface area contributed by atoms with Crippen LogP contribution in [-0.4, -0.2) is 19.8 Å². The third-order valence-electron chi connectivity index (χ3n) is 0.874. The van der Waals surface area contributed by atoms with Gasteiger partial charge in [-0.3, -0.25) is 0 Å². The fourth-order valence-corrected chi connectivity index (χ4v) is 0.463. The van der Waals surface area contributed by atoms with Crippen molar-refractivity contribution >= 4 is 0 Å². The molecular weight excluding hydrogens is 116 g/mol. The Hall–Kier alpha value is -0.750. The fourth-order valence-electron chi connectivity index (χ4n) is 0.463. The second-order valence-electron chi connectivity index (χ2n) is 1.59. The molecule has 0 saturated heterocycles. The first-order valence-electron chi connectivity index (χ1n) is 3.11. The maximum atomic E-state index is 8.02. The Morgan fingerprint density at radius 3 is 3.00 bits per heavy atom. The van der Waals surface area contributed by atoms with Crippen molar-refractivity contribution in [2.75, 3.05) is 19.8 Å². The summed E-state index contributed by atoms with van der Waals surface area (Å²) in [6, 6.07) is 0. The third kappa shape index (κ3) is 7.25. The van der Waals surface area contributed by atoms with E-state index in [1.807, 2.05) is 13.1 Å².